The number of phenols is 2. The molecule has 4 nitrogen and oxygen atoms in total. The van der Waals surface area contributed by atoms with Crippen molar-refractivity contribution in [3.8, 4) is 11.5 Å². The summed E-state index contributed by atoms with van der Waals surface area (Å²) in [6.45, 7) is 0.701. The molecule has 0 aromatic heterocycles. The maximum Gasteiger partial charge on any atom is 0.316 e. The van der Waals surface area contributed by atoms with Gasteiger partial charge in [-0.2, -0.15) is 0 Å². The van der Waals surface area contributed by atoms with E-state index in [4.69, 9.17) is 11.6 Å². The third kappa shape index (κ3) is 3.90. The Morgan fingerprint density at radius 2 is 1.20 bits per heavy atom. The first-order chi connectivity index (χ1) is 9.54. The van der Waals surface area contributed by atoms with E-state index < -0.39 is 5.37 Å². The largest absolute Gasteiger partial charge is 0.508 e. The zero-order valence-corrected chi connectivity index (χ0v) is 11.4. The number of rotatable bonds is 4. The SMILES string of the molecule is O=C(Cl)N(Cc1ccc(O)cc1)Cc1ccc(O)cc1. The Kier molecular flexibility index (Phi) is 4.48. The lowest BCUT2D eigenvalue weighted by Crippen LogP contribution is -2.25. The summed E-state index contributed by atoms with van der Waals surface area (Å²) in [6.07, 6.45) is 0. The molecule has 2 aromatic carbocycles. The second-order valence-electron chi connectivity index (χ2n) is 4.44. The number of amides is 1. The van der Waals surface area contributed by atoms with Crippen LogP contribution in [0.15, 0.2) is 48.5 Å². The van der Waals surface area contributed by atoms with Crippen LogP contribution in [0.3, 0.4) is 0 Å². The second-order valence-corrected chi connectivity index (χ2v) is 4.77. The smallest absolute Gasteiger partial charge is 0.316 e. The summed E-state index contributed by atoms with van der Waals surface area (Å²) in [4.78, 5) is 13.0. The third-order valence-electron chi connectivity index (χ3n) is 2.87. The molecule has 0 spiro atoms. The Morgan fingerprint density at radius 1 is 0.850 bits per heavy atom. The lowest BCUT2D eigenvalue weighted by Gasteiger charge is -2.20. The van der Waals surface area contributed by atoms with Gasteiger partial charge in [-0.15, -0.1) is 0 Å². The molecule has 0 radical (unpaired) electrons. The van der Waals surface area contributed by atoms with Gasteiger partial charge in [0, 0.05) is 13.1 Å². The highest BCUT2D eigenvalue weighted by atomic mass is 35.5. The monoisotopic (exact) mass is 291 g/mol. The van der Waals surface area contributed by atoms with E-state index in [9.17, 15) is 15.0 Å². The number of phenolic OH excluding ortho intramolecular Hbond substituents is 2. The van der Waals surface area contributed by atoms with Crippen molar-refractivity contribution in [1.29, 1.82) is 0 Å². The number of carbonyl (C=O) groups is 1. The summed E-state index contributed by atoms with van der Waals surface area (Å²) in [5, 5.41) is 17.9. The van der Waals surface area contributed by atoms with Gasteiger partial charge in [0.1, 0.15) is 11.5 Å². The van der Waals surface area contributed by atoms with Crippen LogP contribution in [0.5, 0.6) is 11.5 Å². The molecular weight excluding hydrogens is 278 g/mol. The molecule has 0 fully saturated rings. The lowest BCUT2D eigenvalue weighted by atomic mass is 10.1. The molecule has 5 heteroatoms. The molecular formula is C15H14ClNO3. The molecule has 2 aromatic rings. The Bertz CT molecular complexity index is 534. The Labute approximate surface area is 121 Å². The normalized spacial score (nSPS) is 10.2. The first-order valence-electron chi connectivity index (χ1n) is 6.05. The number of aromatic hydroxyl groups is 2. The van der Waals surface area contributed by atoms with E-state index in [2.05, 4.69) is 0 Å². The number of carbonyl (C=O) groups excluding carboxylic acids is 1. The Balaban J connectivity index is 2.09. The highest BCUT2D eigenvalue weighted by molar-refractivity contribution is 6.62. The van der Waals surface area contributed by atoms with Crippen LogP contribution in [0.1, 0.15) is 11.1 Å². The number of nitrogens with zero attached hydrogens (tertiary/aromatic N) is 1. The predicted octanol–water partition coefficient (Wildman–Crippen LogP) is 3.46. The van der Waals surface area contributed by atoms with Crippen LogP contribution in [0.25, 0.3) is 0 Å². The minimum Gasteiger partial charge on any atom is -0.508 e. The van der Waals surface area contributed by atoms with Crippen LogP contribution in [-0.2, 0) is 13.1 Å². The van der Waals surface area contributed by atoms with Crippen molar-refractivity contribution < 1.29 is 15.0 Å². The van der Waals surface area contributed by atoms with Crippen LogP contribution in [0.2, 0.25) is 0 Å². The quantitative estimate of drug-likeness (QED) is 0.670. The van der Waals surface area contributed by atoms with Gasteiger partial charge in [0.15, 0.2) is 0 Å². The van der Waals surface area contributed by atoms with Crippen LogP contribution in [0.4, 0.5) is 4.79 Å². The zero-order chi connectivity index (χ0) is 14.5. The summed E-state index contributed by atoms with van der Waals surface area (Å²) in [5.41, 5.74) is 1.74. The molecule has 0 saturated heterocycles. The topological polar surface area (TPSA) is 60.8 Å². The minimum atomic E-state index is -0.550. The van der Waals surface area contributed by atoms with Gasteiger partial charge in [0.2, 0.25) is 0 Å². The Morgan fingerprint density at radius 3 is 1.50 bits per heavy atom. The fraction of sp³-hybridized carbons (Fsp3) is 0.133. The van der Waals surface area contributed by atoms with Crippen molar-refractivity contribution in [2.45, 2.75) is 13.1 Å². The molecule has 2 rings (SSSR count). The van der Waals surface area contributed by atoms with Crippen molar-refractivity contribution in [3.05, 3.63) is 59.7 Å². The zero-order valence-electron chi connectivity index (χ0n) is 10.7. The van der Waals surface area contributed by atoms with Gasteiger partial charge < -0.3 is 15.1 Å². The van der Waals surface area contributed by atoms with Crippen LogP contribution in [-0.4, -0.2) is 20.5 Å². The van der Waals surface area contributed by atoms with Gasteiger partial charge in [-0.05, 0) is 47.0 Å². The summed E-state index contributed by atoms with van der Waals surface area (Å²) >= 11 is 5.59. The van der Waals surface area contributed by atoms with E-state index in [1.807, 2.05) is 0 Å². The number of hydrogen-bond acceptors (Lipinski definition) is 3. The minimum absolute atomic E-state index is 0.177. The van der Waals surface area contributed by atoms with Crippen molar-refractivity contribution >= 4 is 17.0 Å². The second kappa shape index (κ2) is 6.30. The molecule has 0 aliphatic heterocycles. The number of hydrogen-bond donors (Lipinski definition) is 2. The first kappa shape index (κ1) is 14.2. The van der Waals surface area contributed by atoms with Gasteiger partial charge in [-0.1, -0.05) is 24.3 Å². The summed E-state index contributed by atoms with van der Waals surface area (Å²) in [7, 11) is 0. The van der Waals surface area contributed by atoms with E-state index in [1.54, 1.807) is 48.5 Å². The maximum absolute atomic E-state index is 11.5. The summed E-state index contributed by atoms with van der Waals surface area (Å²) < 4.78 is 0. The van der Waals surface area contributed by atoms with Gasteiger partial charge >= 0.3 is 5.37 Å². The predicted molar refractivity (Wildman–Crippen MR) is 76.7 cm³/mol. The fourth-order valence-electron chi connectivity index (χ4n) is 1.82. The third-order valence-corrected chi connectivity index (χ3v) is 3.11. The van der Waals surface area contributed by atoms with E-state index in [0.29, 0.717) is 13.1 Å². The highest BCUT2D eigenvalue weighted by Gasteiger charge is 2.12. The maximum atomic E-state index is 11.5. The molecule has 0 aliphatic carbocycles. The summed E-state index contributed by atoms with van der Waals surface area (Å²) in [6, 6.07) is 13.2. The van der Waals surface area contributed by atoms with Crippen LogP contribution >= 0.6 is 11.6 Å². The van der Waals surface area contributed by atoms with Gasteiger partial charge in [0.05, 0.1) is 0 Å². The molecule has 1 amide bonds. The standard InChI is InChI=1S/C15H14ClNO3/c16-15(20)17(9-11-1-5-13(18)6-2-11)10-12-3-7-14(19)8-4-12/h1-8,18-19H,9-10H2. The molecule has 2 N–H and O–H groups in total. The fourth-order valence-corrected chi connectivity index (χ4v) is 1.94. The van der Waals surface area contributed by atoms with Gasteiger partial charge in [0.25, 0.3) is 0 Å². The molecule has 0 saturated carbocycles. The van der Waals surface area contributed by atoms with Crippen LogP contribution < -0.4 is 0 Å². The van der Waals surface area contributed by atoms with E-state index in [-0.39, 0.29) is 11.5 Å². The summed E-state index contributed by atoms with van der Waals surface area (Å²) in [5.74, 6) is 0.354. The molecule has 104 valence electrons. The number of halogens is 1. The molecule has 0 bridgehead atoms. The van der Waals surface area contributed by atoms with Crippen molar-refractivity contribution in [1.82, 2.24) is 4.90 Å². The molecule has 0 heterocycles. The van der Waals surface area contributed by atoms with E-state index in [0.717, 1.165) is 11.1 Å². The first-order valence-corrected chi connectivity index (χ1v) is 6.42. The average molecular weight is 292 g/mol. The highest BCUT2D eigenvalue weighted by Crippen LogP contribution is 2.16. The van der Waals surface area contributed by atoms with Gasteiger partial charge in [-0.25, -0.2) is 0 Å². The lowest BCUT2D eigenvalue weighted by molar-refractivity contribution is 0.216. The van der Waals surface area contributed by atoms with Crippen molar-refractivity contribution in [3.63, 3.8) is 0 Å². The molecule has 0 atom stereocenters. The van der Waals surface area contributed by atoms with Crippen LogP contribution in [0, 0.1) is 0 Å². The van der Waals surface area contributed by atoms with Gasteiger partial charge in [-0.3, -0.25) is 4.79 Å². The Hall–Kier alpha value is -2.20. The van der Waals surface area contributed by atoms with E-state index in [1.165, 1.54) is 4.90 Å². The van der Waals surface area contributed by atoms with Crippen molar-refractivity contribution in [2.24, 2.45) is 0 Å². The molecule has 0 unspecified atom stereocenters. The molecule has 0 aliphatic rings. The number of benzene rings is 2. The average Bonchev–Trinajstić information content (AvgIpc) is 2.42. The van der Waals surface area contributed by atoms with Crippen molar-refractivity contribution in [2.75, 3.05) is 0 Å². The molecule has 20 heavy (non-hydrogen) atoms. The van der Waals surface area contributed by atoms with E-state index >= 15 is 0 Å².